The maximum absolute atomic E-state index is 13.8. The molecule has 1 aromatic heterocycles. The summed E-state index contributed by atoms with van der Waals surface area (Å²) in [5, 5.41) is -0.197. The Hall–Kier alpha value is -1.09. The average Bonchev–Trinajstić information content (AvgIpc) is 2.64. The molecule has 1 aliphatic rings. The van der Waals surface area contributed by atoms with Gasteiger partial charge in [0.15, 0.2) is 5.82 Å². The molecule has 1 fully saturated rings. The van der Waals surface area contributed by atoms with Gasteiger partial charge in [0.25, 0.3) is 0 Å². The van der Waals surface area contributed by atoms with Gasteiger partial charge in [-0.3, -0.25) is 0 Å². The Labute approximate surface area is 111 Å². The number of alkyl halides is 1. The number of hydrogen-bond donors (Lipinski definition) is 0. The topological polar surface area (TPSA) is 17.8 Å². The molecule has 2 nitrogen and oxygen atoms in total. The first-order valence-corrected chi connectivity index (χ1v) is 6.89. The van der Waals surface area contributed by atoms with Gasteiger partial charge in [0.1, 0.15) is 11.3 Å². The molecular weight excluding hydrogens is 251 g/mol. The molecule has 1 heterocycles. The summed E-state index contributed by atoms with van der Waals surface area (Å²) in [6, 6.07) is 5.11. The number of fused-ring (bicyclic) bond motifs is 1. The third-order valence-corrected chi connectivity index (χ3v) is 3.98. The van der Waals surface area contributed by atoms with Crippen molar-refractivity contribution in [3.63, 3.8) is 0 Å². The Morgan fingerprint density at radius 3 is 2.89 bits per heavy atom. The van der Waals surface area contributed by atoms with Crippen molar-refractivity contribution in [1.29, 1.82) is 0 Å². The highest BCUT2D eigenvalue weighted by Gasteiger charge is 2.23. The number of aromatic nitrogens is 2. The minimum absolute atomic E-state index is 0.197. The molecule has 0 N–H and O–H groups in total. The van der Waals surface area contributed by atoms with Crippen LogP contribution >= 0.6 is 11.6 Å². The Bertz CT molecular complexity index is 572. The molecule has 1 unspecified atom stereocenters. The molecule has 96 valence electrons. The summed E-state index contributed by atoms with van der Waals surface area (Å²) in [5.41, 5.74) is 1.31. The molecule has 2 aromatic rings. The first-order valence-electron chi connectivity index (χ1n) is 6.45. The molecule has 0 aliphatic heterocycles. The molecule has 0 radical (unpaired) electrons. The summed E-state index contributed by atoms with van der Waals surface area (Å²) < 4.78 is 15.9. The van der Waals surface area contributed by atoms with Crippen LogP contribution in [0.4, 0.5) is 4.39 Å². The fourth-order valence-electron chi connectivity index (χ4n) is 2.56. The molecule has 1 aromatic carbocycles. The monoisotopic (exact) mass is 266 g/mol. The van der Waals surface area contributed by atoms with Crippen molar-refractivity contribution in [2.24, 2.45) is 5.92 Å². The molecule has 3 rings (SSSR count). The summed E-state index contributed by atoms with van der Waals surface area (Å²) in [6.45, 7) is 2.80. The van der Waals surface area contributed by atoms with E-state index in [2.05, 4.69) is 9.55 Å². The zero-order valence-electron chi connectivity index (χ0n) is 10.4. The summed E-state index contributed by atoms with van der Waals surface area (Å²) >= 11 is 6.17. The summed E-state index contributed by atoms with van der Waals surface area (Å²) in [7, 11) is 0. The van der Waals surface area contributed by atoms with Gasteiger partial charge in [0, 0.05) is 6.54 Å². The van der Waals surface area contributed by atoms with Crippen LogP contribution in [-0.4, -0.2) is 9.55 Å². The number of halogens is 2. The predicted molar refractivity (Wildman–Crippen MR) is 71.3 cm³/mol. The zero-order valence-corrected chi connectivity index (χ0v) is 11.1. The number of hydrogen-bond acceptors (Lipinski definition) is 1. The van der Waals surface area contributed by atoms with Crippen LogP contribution in [0.3, 0.4) is 0 Å². The van der Waals surface area contributed by atoms with E-state index >= 15 is 0 Å². The maximum Gasteiger partial charge on any atom is 0.151 e. The van der Waals surface area contributed by atoms with E-state index in [1.165, 1.54) is 25.3 Å². The van der Waals surface area contributed by atoms with Crippen molar-refractivity contribution in [2.75, 3.05) is 0 Å². The summed E-state index contributed by atoms with van der Waals surface area (Å²) in [4.78, 5) is 4.38. The Morgan fingerprint density at radius 2 is 2.28 bits per heavy atom. The second-order valence-electron chi connectivity index (χ2n) is 5.10. The van der Waals surface area contributed by atoms with E-state index < -0.39 is 0 Å². The lowest BCUT2D eigenvalue weighted by atomic mass is 9.85. The standard InChI is InChI=1S/C14H16ClFN2/c1-9(15)14-17-13-11(16)6-3-7-12(13)18(14)8-10-4-2-5-10/h3,6-7,9-10H,2,4-5,8H2,1H3. The van der Waals surface area contributed by atoms with E-state index in [9.17, 15) is 4.39 Å². The molecular formula is C14H16ClFN2. The lowest BCUT2D eigenvalue weighted by Crippen LogP contribution is -2.19. The molecule has 4 heteroatoms. The minimum Gasteiger partial charge on any atom is -0.326 e. The van der Waals surface area contributed by atoms with Gasteiger partial charge >= 0.3 is 0 Å². The number of benzene rings is 1. The average molecular weight is 267 g/mol. The number of imidazole rings is 1. The van der Waals surface area contributed by atoms with Crippen molar-refractivity contribution >= 4 is 22.6 Å². The molecule has 1 aliphatic carbocycles. The van der Waals surface area contributed by atoms with Crippen LogP contribution in [0.1, 0.15) is 37.4 Å². The quantitative estimate of drug-likeness (QED) is 0.759. The Morgan fingerprint density at radius 1 is 1.50 bits per heavy atom. The van der Waals surface area contributed by atoms with Crippen LogP contribution in [0.25, 0.3) is 11.0 Å². The molecule has 18 heavy (non-hydrogen) atoms. The van der Waals surface area contributed by atoms with Gasteiger partial charge in [0.2, 0.25) is 0 Å². The molecule has 1 saturated carbocycles. The normalized spacial score (nSPS) is 17.9. The third kappa shape index (κ3) is 1.91. The maximum atomic E-state index is 13.8. The van der Waals surface area contributed by atoms with E-state index in [1.54, 1.807) is 6.07 Å². The van der Waals surface area contributed by atoms with Gasteiger partial charge in [-0.05, 0) is 37.8 Å². The van der Waals surface area contributed by atoms with Crippen LogP contribution < -0.4 is 0 Å². The zero-order chi connectivity index (χ0) is 12.7. The number of para-hydroxylation sites is 1. The van der Waals surface area contributed by atoms with E-state index in [-0.39, 0.29) is 11.2 Å². The van der Waals surface area contributed by atoms with Crippen LogP contribution in [0.15, 0.2) is 18.2 Å². The van der Waals surface area contributed by atoms with Gasteiger partial charge in [-0.15, -0.1) is 11.6 Å². The van der Waals surface area contributed by atoms with E-state index in [0.717, 1.165) is 17.9 Å². The molecule has 0 amide bonds. The summed E-state index contributed by atoms with van der Waals surface area (Å²) in [5.74, 6) is 1.21. The Kier molecular flexibility index (Phi) is 3.02. The molecule has 0 spiro atoms. The highest BCUT2D eigenvalue weighted by Crippen LogP contribution is 2.32. The van der Waals surface area contributed by atoms with Crippen molar-refractivity contribution in [3.8, 4) is 0 Å². The van der Waals surface area contributed by atoms with E-state index in [4.69, 9.17) is 11.6 Å². The fraction of sp³-hybridized carbons (Fsp3) is 0.500. The smallest absolute Gasteiger partial charge is 0.151 e. The molecule has 0 bridgehead atoms. The highest BCUT2D eigenvalue weighted by molar-refractivity contribution is 6.20. The van der Waals surface area contributed by atoms with E-state index in [1.807, 2.05) is 13.0 Å². The van der Waals surface area contributed by atoms with Gasteiger partial charge in [-0.1, -0.05) is 12.5 Å². The SMILES string of the molecule is CC(Cl)c1nc2c(F)cccc2n1CC1CCC1. The van der Waals surface area contributed by atoms with Gasteiger partial charge in [0.05, 0.1) is 10.9 Å². The lowest BCUT2D eigenvalue weighted by molar-refractivity contribution is 0.276. The predicted octanol–water partition coefficient (Wildman–Crippen LogP) is 4.28. The van der Waals surface area contributed by atoms with Crippen molar-refractivity contribution in [2.45, 2.75) is 38.1 Å². The van der Waals surface area contributed by atoms with Crippen LogP contribution in [0, 0.1) is 11.7 Å². The second-order valence-corrected chi connectivity index (χ2v) is 5.76. The second kappa shape index (κ2) is 4.54. The van der Waals surface area contributed by atoms with Gasteiger partial charge in [-0.2, -0.15) is 0 Å². The number of rotatable bonds is 3. The van der Waals surface area contributed by atoms with Crippen molar-refractivity contribution in [1.82, 2.24) is 9.55 Å². The van der Waals surface area contributed by atoms with Crippen LogP contribution in [0.2, 0.25) is 0 Å². The van der Waals surface area contributed by atoms with Crippen molar-refractivity contribution in [3.05, 3.63) is 29.8 Å². The van der Waals surface area contributed by atoms with Crippen LogP contribution in [-0.2, 0) is 6.54 Å². The molecule has 0 saturated heterocycles. The largest absolute Gasteiger partial charge is 0.326 e. The first kappa shape index (κ1) is 12.0. The molecule has 1 atom stereocenters. The number of nitrogens with zero attached hydrogens (tertiary/aromatic N) is 2. The summed E-state index contributed by atoms with van der Waals surface area (Å²) in [6.07, 6.45) is 3.81. The lowest BCUT2D eigenvalue weighted by Gasteiger charge is -2.27. The van der Waals surface area contributed by atoms with Crippen molar-refractivity contribution < 1.29 is 4.39 Å². The van der Waals surface area contributed by atoms with Crippen LogP contribution in [0.5, 0.6) is 0 Å². The first-order chi connectivity index (χ1) is 8.66. The minimum atomic E-state index is -0.265. The fourth-order valence-corrected chi connectivity index (χ4v) is 2.73. The van der Waals surface area contributed by atoms with Gasteiger partial charge in [-0.25, -0.2) is 9.37 Å². The van der Waals surface area contributed by atoms with E-state index in [0.29, 0.717) is 11.4 Å². The van der Waals surface area contributed by atoms with Gasteiger partial charge < -0.3 is 4.57 Å². The highest BCUT2D eigenvalue weighted by atomic mass is 35.5. The Balaban J connectivity index is 2.12. The third-order valence-electron chi connectivity index (χ3n) is 3.78.